The van der Waals surface area contributed by atoms with Crippen molar-refractivity contribution in [2.75, 3.05) is 0 Å². The summed E-state index contributed by atoms with van der Waals surface area (Å²) < 4.78 is 0. The van der Waals surface area contributed by atoms with Gasteiger partial charge in [-0.15, -0.1) is 0 Å². The van der Waals surface area contributed by atoms with E-state index in [1.54, 1.807) is 0 Å². The predicted octanol–water partition coefficient (Wildman–Crippen LogP) is 3.22. The maximum absolute atomic E-state index is 12.1. The van der Waals surface area contributed by atoms with Gasteiger partial charge in [0.2, 0.25) is 0 Å². The SMILES string of the molecule is Cc1ccc(-c2cc3c(nn2)C[C@@H](C)CC3=O)cc1. The number of aromatic nitrogens is 2. The molecule has 0 amide bonds. The number of fused-ring (bicyclic) bond motifs is 1. The van der Waals surface area contributed by atoms with Gasteiger partial charge >= 0.3 is 0 Å². The summed E-state index contributed by atoms with van der Waals surface area (Å²) in [6.45, 7) is 4.13. The van der Waals surface area contributed by atoms with Crippen LogP contribution >= 0.6 is 0 Å². The van der Waals surface area contributed by atoms with Gasteiger partial charge in [-0.2, -0.15) is 10.2 Å². The van der Waals surface area contributed by atoms with E-state index in [9.17, 15) is 4.79 Å². The van der Waals surface area contributed by atoms with Crippen LogP contribution in [-0.4, -0.2) is 16.0 Å². The molecule has 1 aliphatic rings. The minimum atomic E-state index is 0.192. The van der Waals surface area contributed by atoms with Crippen LogP contribution in [0.2, 0.25) is 0 Å². The lowest BCUT2D eigenvalue weighted by molar-refractivity contribution is 0.0951. The largest absolute Gasteiger partial charge is 0.294 e. The molecule has 3 rings (SSSR count). The molecule has 0 fully saturated rings. The van der Waals surface area contributed by atoms with E-state index in [0.29, 0.717) is 12.3 Å². The van der Waals surface area contributed by atoms with Crippen molar-refractivity contribution in [3.63, 3.8) is 0 Å². The highest BCUT2D eigenvalue weighted by Gasteiger charge is 2.24. The Balaban J connectivity index is 2.04. The summed E-state index contributed by atoms with van der Waals surface area (Å²) in [5.41, 5.74) is 4.59. The summed E-state index contributed by atoms with van der Waals surface area (Å²) in [5, 5.41) is 8.51. The molecular weight excluding hydrogens is 236 g/mol. The number of carbonyl (C=O) groups is 1. The van der Waals surface area contributed by atoms with Crippen LogP contribution in [0.4, 0.5) is 0 Å². The first-order chi connectivity index (χ1) is 9.13. The van der Waals surface area contributed by atoms with Crippen molar-refractivity contribution in [3.05, 3.63) is 47.2 Å². The first-order valence-electron chi connectivity index (χ1n) is 6.60. The van der Waals surface area contributed by atoms with Gasteiger partial charge in [0, 0.05) is 17.5 Å². The van der Waals surface area contributed by atoms with Gasteiger partial charge in [-0.1, -0.05) is 36.8 Å². The maximum Gasteiger partial charge on any atom is 0.165 e. The number of hydrogen-bond donors (Lipinski definition) is 0. The number of ketones is 1. The quantitative estimate of drug-likeness (QED) is 0.782. The van der Waals surface area contributed by atoms with E-state index in [1.807, 2.05) is 37.3 Å². The molecule has 19 heavy (non-hydrogen) atoms. The highest BCUT2D eigenvalue weighted by molar-refractivity contribution is 5.98. The molecule has 0 aliphatic heterocycles. The van der Waals surface area contributed by atoms with Gasteiger partial charge in [0.1, 0.15) is 0 Å². The summed E-state index contributed by atoms with van der Waals surface area (Å²) in [6.07, 6.45) is 1.47. The van der Waals surface area contributed by atoms with Crippen LogP contribution in [0.1, 0.15) is 35.0 Å². The molecule has 1 heterocycles. The van der Waals surface area contributed by atoms with E-state index >= 15 is 0 Å². The van der Waals surface area contributed by atoms with E-state index in [1.165, 1.54) is 5.56 Å². The topological polar surface area (TPSA) is 42.9 Å². The molecule has 1 atom stereocenters. The Labute approximate surface area is 112 Å². The standard InChI is InChI=1S/C16H16N2O/c1-10-3-5-12(6-4-10)14-9-13-15(18-17-14)7-11(2)8-16(13)19/h3-6,9,11H,7-8H2,1-2H3/t11-/m1/s1. The van der Waals surface area contributed by atoms with Crippen LogP contribution < -0.4 is 0 Å². The maximum atomic E-state index is 12.1. The molecule has 0 unspecified atom stereocenters. The molecule has 0 bridgehead atoms. The lowest BCUT2D eigenvalue weighted by Crippen LogP contribution is -2.20. The highest BCUT2D eigenvalue weighted by atomic mass is 16.1. The fourth-order valence-corrected chi connectivity index (χ4v) is 2.50. The number of carbonyl (C=O) groups excluding carboxylic acids is 1. The second-order valence-electron chi connectivity index (χ2n) is 5.39. The summed E-state index contributed by atoms with van der Waals surface area (Å²) >= 11 is 0. The van der Waals surface area contributed by atoms with Crippen LogP contribution in [0.25, 0.3) is 11.3 Å². The molecule has 1 aromatic carbocycles. The van der Waals surface area contributed by atoms with Crippen LogP contribution in [0, 0.1) is 12.8 Å². The Kier molecular flexibility index (Phi) is 2.90. The van der Waals surface area contributed by atoms with E-state index < -0.39 is 0 Å². The third-order valence-electron chi connectivity index (χ3n) is 3.59. The lowest BCUT2D eigenvalue weighted by Gasteiger charge is -2.19. The van der Waals surface area contributed by atoms with E-state index in [-0.39, 0.29) is 5.78 Å². The summed E-state index contributed by atoms with van der Waals surface area (Å²) in [6, 6.07) is 10.0. The average Bonchev–Trinajstić information content (AvgIpc) is 2.39. The molecular formula is C16H16N2O. The zero-order chi connectivity index (χ0) is 13.4. The minimum absolute atomic E-state index is 0.192. The normalized spacial score (nSPS) is 18.2. The van der Waals surface area contributed by atoms with Crippen LogP contribution in [0.3, 0.4) is 0 Å². The van der Waals surface area contributed by atoms with Gasteiger partial charge in [0.15, 0.2) is 5.78 Å². The van der Waals surface area contributed by atoms with Gasteiger partial charge in [-0.05, 0) is 25.3 Å². The predicted molar refractivity (Wildman–Crippen MR) is 74.0 cm³/mol. The molecule has 0 saturated carbocycles. The Morgan fingerprint density at radius 1 is 1.11 bits per heavy atom. The molecule has 0 N–H and O–H groups in total. The average molecular weight is 252 g/mol. The number of hydrogen-bond acceptors (Lipinski definition) is 3. The Bertz CT molecular complexity index is 632. The van der Waals surface area contributed by atoms with Crippen LogP contribution in [-0.2, 0) is 6.42 Å². The summed E-state index contributed by atoms with van der Waals surface area (Å²) in [7, 11) is 0. The number of rotatable bonds is 1. The zero-order valence-electron chi connectivity index (χ0n) is 11.2. The second-order valence-corrected chi connectivity index (χ2v) is 5.39. The van der Waals surface area contributed by atoms with Crippen molar-refractivity contribution in [3.8, 4) is 11.3 Å². The Hall–Kier alpha value is -2.03. The molecule has 3 heteroatoms. The molecule has 0 spiro atoms. The van der Waals surface area contributed by atoms with Crippen molar-refractivity contribution in [2.45, 2.75) is 26.7 Å². The van der Waals surface area contributed by atoms with Gasteiger partial charge in [-0.25, -0.2) is 0 Å². The molecule has 96 valence electrons. The highest BCUT2D eigenvalue weighted by Crippen LogP contribution is 2.26. The second kappa shape index (κ2) is 4.57. The van der Waals surface area contributed by atoms with Crippen molar-refractivity contribution >= 4 is 5.78 Å². The molecule has 1 aliphatic carbocycles. The van der Waals surface area contributed by atoms with E-state index in [4.69, 9.17) is 0 Å². The molecule has 0 radical (unpaired) electrons. The van der Waals surface area contributed by atoms with Gasteiger partial charge < -0.3 is 0 Å². The minimum Gasteiger partial charge on any atom is -0.294 e. The molecule has 0 saturated heterocycles. The molecule has 2 aromatic rings. The van der Waals surface area contributed by atoms with Crippen molar-refractivity contribution in [1.29, 1.82) is 0 Å². The van der Waals surface area contributed by atoms with Crippen LogP contribution in [0.15, 0.2) is 30.3 Å². The van der Waals surface area contributed by atoms with Crippen LogP contribution in [0.5, 0.6) is 0 Å². The number of nitrogens with zero attached hydrogens (tertiary/aromatic N) is 2. The number of Topliss-reactive ketones (excluding diaryl/α,β-unsaturated/α-hetero) is 1. The third-order valence-corrected chi connectivity index (χ3v) is 3.59. The summed E-state index contributed by atoms with van der Waals surface area (Å²) in [4.78, 5) is 12.1. The van der Waals surface area contributed by atoms with Gasteiger partial charge in [0.05, 0.1) is 11.4 Å². The Morgan fingerprint density at radius 3 is 2.58 bits per heavy atom. The number of aryl methyl sites for hydroxylation is 1. The first-order valence-corrected chi connectivity index (χ1v) is 6.60. The van der Waals surface area contributed by atoms with E-state index in [2.05, 4.69) is 17.1 Å². The summed E-state index contributed by atoms with van der Waals surface area (Å²) in [5.74, 6) is 0.566. The van der Waals surface area contributed by atoms with E-state index in [0.717, 1.165) is 28.9 Å². The fraction of sp³-hybridized carbons (Fsp3) is 0.312. The number of benzene rings is 1. The lowest BCUT2D eigenvalue weighted by atomic mass is 9.87. The third kappa shape index (κ3) is 2.28. The fourth-order valence-electron chi connectivity index (χ4n) is 2.50. The first kappa shape index (κ1) is 12.0. The van der Waals surface area contributed by atoms with Crippen molar-refractivity contribution in [2.24, 2.45) is 5.92 Å². The molecule has 1 aromatic heterocycles. The smallest absolute Gasteiger partial charge is 0.165 e. The molecule has 3 nitrogen and oxygen atoms in total. The Morgan fingerprint density at radius 2 is 1.84 bits per heavy atom. The van der Waals surface area contributed by atoms with Crippen molar-refractivity contribution in [1.82, 2.24) is 10.2 Å². The van der Waals surface area contributed by atoms with Gasteiger partial charge in [-0.3, -0.25) is 4.79 Å². The van der Waals surface area contributed by atoms with Gasteiger partial charge in [0.25, 0.3) is 0 Å². The van der Waals surface area contributed by atoms with Crippen molar-refractivity contribution < 1.29 is 4.79 Å². The zero-order valence-corrected chi connectivity index (χ0v) is 11.2. The monoisotopic (exact) mass is 252 g/mol.